The van der Waals surface area contributed by atoms with Crippen LogP contribution in [0, 0.1) is 0 Å². The molecule has 0 radical (unpaired) electrons. The maximum Gasteiger partial charge on any atom is 0.316 e. The maximum absolute atomic E-state index is 13.0. The van der Waals surface area contributed by atoms with E-state index in [9.17, 15) is 9.59 Å². The van der Waals surface area contributed by atoms with Gasteiger partial charge in [-0.2, -0.15) is 0 Å². The predicted octanol–water partition coefficient (Wildman–Crippen LogP) is 3.99. The molecular weight excluding hydrogens is 422 g/mol. The van der Waals surface area contributed by atoms with Crippen LogP contribution in [-0.2, 0) is 14.3 Å². The Kier molecular flexibility index (Phi) is 7.58. The fourth-order valence-electron chi connectivity index (χ4n) is 2.43. The molecule has 0 spiro atoms. The summed E-state index contributed by atoms with van der Waals surface area (Å²) in [5.74, 6) is 0.210. The average Bonchev–Trinajstić information content (AvgIpc) is 3.23. The van der Waals surface area contributed by atoms with Gasteiger partial charge >= 0.3 is 5.97 Å². The van der Waals surface area contributed by atoms with Crippen molar-refractivity contribution < 1.29 is 19.1 Å². The van der Waals surface area contributed by atoms with Crippen LogP contribution in [0.3, 0.4) is 0 Å². The van der Waals surface area contributed by atoms with Crippen LogP contribution in [0.5, 0.6) is 5.75 Å². The van der Waals surface area contributed by atoms with Crippen molar-refractivity contribution in [3.63, 3.8) is 0 Å². The van der Waals surface area contributed by atoms with E-state index in [2.05, 4.69) is 20.3 Å². The smallest absolute Gasteiger partial charge is 0.316 e. The fourth-order valence-corrected chi connectivity index (χ4v) is 4.01. The Bertz CT molecular complexity index is 1030. The standard InChI is InChI=1S/C21H19N3O4S2/c1-27-16-10-8-14(9-11-16)12-17(15-6-4-3-5-7-15)19(26)22-20-23-24-21(30-20)29-13-18(25)28-2/h3-12H,13H2,1-2H3,(H,22,23,26)/b17-12+. The Morgan fingerprint density at radius 1 is 1.07 bits per heavy atom. The highest BCUT2D eigenvalue weighted by Gasteiger charge is 2.16. The van der Waals surface area contributed by atoms with Crippen molar-refractivity contribution in [1.29, 1.82) is 0 Å². The van der Waals surface area contributed by atoms with Gasteiger partial charge in [0.2, 0.25) is 5.13 Å². The van der Waals surface area contributed by atoms with Gasteiger partial charge in [-0.15, -0.1) is 10.2 Å². The lowest BCUT2D eigenvalue weighted by Gasteiger charge is -2.08. The van der Waals surface area contributed by atoms with Crippen molar-refractivity contribution in [2.75, 3.05) is 25.3 Å². The maximum atomic E-state index is 13.0. The molecule has 0 unspecified atom stereocenters. The van der Waals surface area contributed by atoms with Crippen LogP contribution in [0.15, 0.2) is 58.9 Å². The van der Waals surface area contributed by atoms with Crippen LogP contribution >= 0.6 is 23.1 Å². The molecule has 3 rings (SSSR count). The van der Waals surface area contributed by atoms with E-state index < -0.39 is 0 Å². The molecule has 0 atom stereocenters. The van der Waals surface area contributed by atoms with E-state index in [0.29, 0.717) is 15.0 Å². The van der Waals surface area contributed by atoms with E-state index >= 15 is 0 Å². The van der Waals surface area contributed by atoms with E-state index in [0.717, 1.165) is 16.9 Å². The van der Waals surface area contributed by atoms with Gasteiger partial charge in [-0.05, 0) is 29.3 Å². The molecule has 1 aromatic heterocycles. The second-order valence-corrected chi connectivity index (χ2v) is 8.09. The first kappa shape index (κ1) is 21.5. The minimum absolute atomic E-state index is 0.131. The van der Waals surface area contributed by atoms with Crippen LogP contribution in [-0.4, -0.2) is 42.0 Å². The summed E-state index contributed by atoms with van der Waals surface area (Å²) >= 11 is 2.40. The zero-order chi connectivity index (χ0) is 21.3. The molecule has 1 N–H and O–H groups in total. The number of ether oxygens (including phenoxy) is 2. The van der Waals surface area contributed by atoms with Gasteiger partial charge in [0.05, 0.1) is 20.0 Å². The topological polar surface area (TPSA) is 90.4 Å². The van der Waals surface area contributed by atoms with Crippen LogP contribution in [0.1, 0.15) is 11.1 Å². The zero-order valence-corrected chi connectivity index (χ0v) is 18.0. The van der Waals surface area contributed by atoms with Crippen LogP contribution < -0.4 is 10.1 Å². The molecule has 0 saturated carbocycles. The molecule has 30 heavy (non-hydrogen) atoms. The Labute approximate surface area is 182 Å². The van der Waals surface area contributed by atoms with Crippen molar-refractivity contribution in [1.82, 2.24) is 10.2 Å². The number of rotatable bonds is 8. The lowest BCUT2D eigenvalue weighted by atomic mass is 10.0. The van der Waals surface area contributed by atoms with Gasteiger partial charge in [0.25, 0.3) is 5.91 Å². The molecule has 0 aliphatic rings. The third kappa shape index (κ3) is 5.91. The van der Waals surface area contributed by atoms with Gasteiger partial charge in [0.15, 0.2) is 4.34 Å². The minimum Gasteiger partial charge on any atom is -0.497 e. The van der Waals surface area contributed by atoms with Crippen molar-refractivity contribution in [2.45, 2.75) is 4.34 Å². The molecular formula is C21H19N3O4S2. The lowest BCUT2D eigenvalue weighted by Crippen LogP contribution is -2.13. The van der Waals surface area contributed by atoms with Crippen LogP contribution in [0.25, 0.3) is 11.6 Å². The SMILES string of the molecule is COC(=O)CSc1nnc(NC(=O)/C(=C/c2ccc(OC)cc2)c2ccccc2)s1. The number of anilines is 1. The third-order valence-corrected chi connectivity index (χ3v) is 5.87. The predicted molar refractivity (Wildman–Crippen MR) is 119 cm³/mol. The van der Waals surface area contributed by atoms with Crippen LogP contribution in [0.4, 0.5) is 5.13 Å². The largest absolute Gasteiger partial charge is 0.497 e. The molecule has 0 aliphatic carbocycles. The summed E-state index contributed by atoms with van der Waals surface area (Å²) in [5, 5.41) is 11.1. The Balaban J connectivity index is 1.80. The Hall–Kier alpha value is -3.17. The first-order valence-electron chi connectivity index (χ1n) is 8.84. The van der Waals surface area contributed by atoms with E-state index in [1.54, 1.807) is 13.2 Å². The molecule has 0 fully saturated rings. The minimum atomic E-state index is -0.352. The van der Waals surface area contributed by atoms with Gasteiger partial charge in [-0.1, -0.05) is 65.6 Å². The molecule has 0 saturated heterocycles. The van der Waals surface area contributed by atoms with Crippen molar-refractivity contribution in [3.05, 3.63) is 65.7 Å². The van der Waals surface area contributed by atoms with Gasteiger partial charge in [0, 0.05) is 5.57 Å². The monoisotopic (exact) mass is 441 g/mol. The number of methoxy groups -OCH3 is 2. The summed E-state index contributed by atoms with van der Waals surface area (Å²) < 4.78 is 10.4. The quantitative estimate of drug-likeness (QED) is 0.186. The van der Waals surface area contributed by atoms with Crippen molar-refractivity contribution >= 4 is 51.8 Å². The first-order chi connectivity index (χ1) is 14.6. The number of hydrogen-bond donors (Lipinski definition) is 1. The van der Waals surface area contributed by atoms with Gasteiger partial charge in [-0.25, -0.2) is 0 Å². The van der Waals surface area contributed by atoms with E-state index in [-0.39, 0.29) is 17.6 Å². The highest BCUT2D eigenvalue weighted by molar-refractivity contribution is 8.01. The number of thioether (sulfide) groups is 1. The second-order valence-electron chi connectivity index (χ2n) is 5.89. The van der Waals surface area contributed by atoms with Crippen molar-refractivity contribution in [3.8, 4) is 5.75 Å². The highest BCUT2D eigenvalue weighted by atomic mass is 32.2. The Morgan fingerprint density at radius 2 is 1.80 bits per heavy atom. The summed E-state index contributed by atoms with van der Waals surface area (Å²) in [6.45, 7) is 0. The number of nitrogens with zero attached hydrogens (tertiary/aromatic N) is 2. The molecule has 2 aromatic carbocycles. The number of aromatic nitrogens is 2. The fraction of sp³-hybridized carbons (Fsp3) is 0.143. The van der Waals surface area contributed by atoms with E-state index in [4.69, 9.17) is 4.74 Å². The number of carbonyl (C=O) groups is 2. The number of esters is 1. The number of nitrogens with one attached hydrogen (secondary N) is 1. The lowest BCUT2D eigenvalue weighted by molar-refractivity contribution is -0.137. The number of benzene rings is 2. The normalized spacial score (nSPS) is 11.1. The summed E-state index contributed by atoms with van der Waals surface area (Å²) in [4.78, 5) is 24.3. The second kappa shape index (κ2) is 10.6. The summed E-state index contributed by atoms with van der Waals surface area (Å²) in [7, 11) is 2.93. The molecule has 154 valence electrons. The molecule has 1 amide bonds. The molecule has 0 bridgehead atoms. The highest BCUT2D eigenvalue weighted by Crippen LogP contribution is 2.27. The number of amides is 1. The molecule has 1 heterocycles. The van der Waals surface area contributed by atoms with Gasteiger partial charge < -0.3 is 9.47 Å². The van der Waals surface area contributed by atoms with Gasteiger partial charge in [-0.3, -0.25) is 14.9 Å². The summed E-state index contributed by atoms with van der Waals surface area (Å²) in [5.41, 5.74) is 2.12. The number of carbonyl (C=O) groups excluding carboxylic acids is 2. The third-order valence-electron chi connectivity index (χ3n) is 3.92. The van der Waals surface area contributed by atoms with E-state index in [1.165, 1.54) is 30.2 Å². The van der Waals surface area contributed by atoms with Gasteiger partial charge in [0.1, 0.15) is 5.75 Å². The average molecular weight is 442 g/mol. The van der Waals surface area contributed by atoms with Crippen LogP contribution in [0.2, 0.25) is 0 Å². The molecule has 9 heteroatoms. The summed E-state index contributed by atoms with van der Waals surface area (Å²) in [6, 6.07) is 16.8. The first-order valence-corrected chi connectivity index (χ1v) is 10.6. The molecule has 7 nitrogen and oxygen atoms in total. The van der Waals surface area contributed by atoms with E-state index in [1.807, 2.05) is 54.6 Å². The van der Waals surface area contributed by atoms with Crippen molar-refractivity contribution in [2.24, 2.45) is 0 Å². The molecule has 3 aromatic rings. The molecule has 0 aliphatic heterocycles. The Morgan fingerprint density at radius 3 is 2.47 bits per heavy atom. The zero-order valence-electron chi connectivity index (χ0n) is 16.3. The number of hydrogen-bond acceptors (Lipinski definition) is 8. The summed E-state index contributed by atoms with van der Waals surface area (Å²) in [6.07, 6.45) is 1.80.